The van der Waals surface area contributed by atoms with Crippen LogP contribution in [0.5, 0.6) is 0 Å². The second-order valence-corrected chi connectivity index (χ2v) is 5.39. The van der Waals surface area contributed by atoms with Gasteiger partial charge in [0.15, 0.2) is 0 Å². The smallest absolute Gasteiger partial charge is 0.241 e. The zero-order valence-electron chi connectivity index (χ0n) is 11.7. The van der Waals surface area contributed by atoms with Crippen LogP contribution in [0.3, 0.4) is 0 Å². The highest BCUT2D eigenvalue weighted by Crippen LogP contribution is 2.24. The molecule has 0 heterocycles. The summed E-state index contributed by atoms with van der Waals surface area (Å²) in [5.41, 5.74) is 7.13. The average molecular weight is 261 g/mol. The third-order valence-corrected chi connectivity index (χ3v) is 4.07. The van der Waals surface area contributed by atoms with Crippen LogP contribution in [0.15, 0.2) is 24.3 Å². The molecule has 1 aromatic rings. The van der Waals surface area contributed by atoms with Crippen molar-refractivity contribution < 1.29 is 4.79 Å². The van der Waals surface area contributed by atoms with Crippen LogP contribution in [-0.2, 0) is 4.79 Å². The van der Waals surface area contributed by atoms with Gasteiger partial charge in [0.1, 0.15) is 0 Å². The van der Waals surface area contributed by atoms with Gasteiger partial charge in [-0.15, -0.1) is 0 Å². The van der Waals surface area contributed by atoms with Gasteiger partial charge in [0, 0.05) is 17.4 Å². The number of nitrogens with one attached hydrogen (secondary N) is 1. The summed E-state index contributed by atoms with van der Waals surface area (Å²) in [5, 5.41) is 2.94. The highest BCUT2D eigenvalue weighted by Gasteiger charge is 2.26. The second-order valence-electron chi connectivity index (χ2n) is 5.39. The van der Waals surface area contributed by atoms with E-state index in [2.05, 4.69) is 10.2 Å². The fraction of sp³-hybridized carbons (Fsp3) is 0.533. The van der Waals surface area contributed by atoms with Crippen LogP contribution >= 0.6 is 0 Å². The van der Waals surface area contributed by atoms with Gasteiger partial charge in [0.05, 0.1) is 6.04 Å². The van der Waals surface area contributed by atoms with Gasteiger partial charge in [-0.25, -0.2) is 0 Å². The predicted octanol–water partition coefficient (Wildman–Crippen LogP) is 2.47. The standard InChI is InChI=1S/C15H23N3O/c1-11(18(2)14-5-3-4-6-14)15(19)17-13-9-7-12(16)8-10-13/h7-11,14H,3-6,16H2,1-2H3,(H,17,19). The zero-order valence-corrected chi connectivity index (χ0v) is 11.7. The van der Waals surface area contributed by atoms with Gasteiger partial charge in [-0.05, 0) is 51.1 Å². The van der Waals surface area contributed by atoms with E-state index in [1.54, 1.807) is 12.1 Å². The highest BCUT2D eigenvalue weighted by molar-refractivity contribution is 5.94. The SMILES string of the molecule is CC(C(=O)Nc1ccc(N)cc1)N(C)C1CCCC1. The minimum Gasteiger partial charge on any atom is -0.399 e. The molecule has 1 unspecified atom stereocenters. The molecule has 3 N–H and O–H groups in total. The highest BCUT2D eigenvalue weighted by atomic mass is 16.2. The van der Waals surface area contributed by atoms with E-state index >= 15 is 0 Å². The molecule has 19 heavy (non-hydrogen) atoms. The molecule has 0 radical (unpaired) electrons. The van der Waals surface area contributed by atoms with Crippen molar-refractivity contribution in [3.05, 3.63) is 24.3 Å². The molecule has 0 spiro atoms. The van der Waals surface area contributed by atoms with Crippen LogP contribution in [0.4, 0.5) is 11.4 Å². The number of carbonyl (C=O) groups is 1. The molecule has 0 aromatic heterocycles. The second kappa shape index (κ2) is 6.06. The summed E-state index contributed by atoms with van der Waals surface area (Å²) >= 11 is 0. The summed E-state index contributed by atoms with van der Waals surface area (Å²) in [6.07, 6.45) is 4.97. The van der Waals surface area contributed by atoms with Gasteiger partial charge < -0.3 is 11.1 Å². The molecule has 1 aliphatic rings. The number of benzene rings is 1. The lowest BCUT2D eigenvalue weighted by molar-refractivity contribution is -0.121. The van der Waals surface area contributed by atoms with E-state index in [4.69, 9.17) is 5.73 Å². The molecular weight excluding hydrogens is 238 g/mol. The number of likely N-dealkylation sites (N-methyl/N-ethyl adjacent to an activating group) is 1. The molecule has 1 amide bonds. The van der Waals surface area contributed by atoms with Crippen LogP contribution in [0.25, 0.3) is 0 Å². The van der Waals surface area contributed by atoms with Crippen LogP contribution in [-0.4, -0.2) is 29.9 Å². The summed E-state index contributed by atoms with van der Waals surface area (Å²) in [6.45, 7) is 1.96. The normalized spacial score (nSPS) is 17.6. The Kier molecular flexibility index (Phi) is 4.43. The van der Waals surface area contributed by atoms with Gasteiger partial charge in [0.25, 0.3) is 0 Å². The van der Waals surface area contributed by atoms with E-state index in [1.807, 2.05) is 26.1 Å². The first kappa shape index (κ1) is 13.9. The topological polar surface area (TPSA) is 58.4 Å². The third-order valence-electron chi connectivity index (χ3n) is 4.07. The number of nitrogens with zero attached hydrogens (tertiary/aromatic N) is 1. The molecule has 1 aromatic carbocycles. The summed E-state index contributed by atoms with van der Waals surface area (Å²) in [7, 11) is 2.04. The molecule has 1 aliphatic carbocycles. The van der Waals surface area contributed by atoms with Crippen LogP contribution in [0, 0.1) is 0 Å². The van der Waals surface area contributed by atoms with E-state index in [0.29, 0.717) is 11.7 Å². The van der Waals surface area contributed by atoms with E-state index in [1.165, 1.54) is 25.7 Å². The Morgan fingerprint density at radius 1 is 1.32 bits per heavy atom. The zero-order chi connectivity index (χ0) is 13.8. The van der Waals surface area contributed by atoms with E-state index in [9.17, 15) is 4.79 Å². The number of anilines is 2. The Balaban J connectivity index is 1.93. The fourth-order valence-corrected chi connectivity index (χ4v) is 2.63. The molecule has 0 saturated heterocycles. The van der Waals surface area contributed by atoms with Gasteiger partial charge in [-0.3, -0.25) is 9.69 Å². The lowest BCUT2D eigenvalue weighted by Gasteiger charge is -2.29. The lowest BCUT2D eigenvalue weighted by Crippen LogP contribution is -2.44. The van der Waals surface area contributed by atoms with E-state index < -0.39 is 0 Å². The Morgan fingerprint density at radius 2 is 1.89 bits per heavy atom. The van der Waals surface area contributed by atoms with Crippen LogP contribution in [0.2, 0.25) is 0 Å². The van der Waals surface area contributed by atoms with Gasteiger partial charge in [-0.1, -0.05) is 12.8 Å². The van der Waals surface area contributed by atoms with Crippen molar-refractivity contribution >= 4 is 17.3 Å². The molecule has 2 rings (SSSR count). The lowest BCUT2D eigenvalue weighted by atomic mass is 10.1. The molecule has 4 heteroatoms. The number of hydrogen-bond acceptors (Lipinski definition) is 3. The van der Waals surface area contributed by atoms with Crippen LogP contribution < -0.4 is 11.1 Å². The number of carbonyl (C=O) groups excluding carboxylic acids is 1. The molecule has 0 aliphatic heterocycles. The van der Waals surface area contributed by atoms with Crippen molar-refractivity contribution in [3.8, 4) is 0 Å². The molecule has 4 nitrogen and oxygen atoms in total. The Labute approximate surface area is 115 Å². The minimum absolute atomic E-state index is 0.0409. The average Bonchev–Trinajstić information content (AvgIpc) is 2.93. The van der Waals surface area contributed by atoms with Gasteiger partial charge in [-0.2, -0.15) is 0 Å². The summed E-state index contributed by atoms with van der Waals surface area (Å²) in [5.74, 6) is 0.0409. The van der Waals surface area contributed by atoms with Gasteiger partial charge >= 0.3 is 0 Å². The number of nitrogens with two attached hydrogens (primary N) is 1. The van der Waals surface area contributed by atoms with E-state index in [-0.39, 0.29) is 11.9 Å². The predicted molar refractivity (Wildman–Crippen MR) is 79.0 cm³/mol. The summed E-state index contributed by atoms with van der Waals surface area (Å²) < 4.78 is 0. The number of amides is 1. The maximum atomic E-state index is 12.2. The van der Waals surface area contributed by atoms with Crippen molar-refractivity contribution in [2.24, 2.45) is 0 Å². The number of nitrogen functional groups attached to an aromatic ring is 1. The van der Waals surface area contributed by atoms with Crippen molar-refractivity contribution in [1.82, 2.24) is 4.90 Å². The van der Waals surface area contributed by atoms with Crippen molar-refractivity contribution in [2.75, 3.05) is 18.1 Å². The van der Waals surface area contributed by atoms with Crippen molar-refractivity contribution in [1.29, 1.82) is 0 Å². The monoisotopic (exact) mass is 261 g/mol. The van der Waals surface area contributed by atoms with E-state index in [0.717, 1.165) is 5.69 Å². The molecule has 104 valence electrons. The molecule has 1 fully saturated rings. The van der Waals surface area contributed by atoms with Gasteiger partial charge in [0.2, 0.25) is 5.91 Å². The van der Waals surface area contributed by atoms with Crippen LogP contribution in [0.1, 0.15) is 32.6 Å². The Hall–Kier alpha value is -1.55. The van der Waals surface area contributed by atoms with Crippen molar-refractivity contribution in [3.63, 3.8) is 0 Å². The quantitative estimate of drug-likeness (QED) is 0.819. The Morgan fingerprint density at radius 3 is 2.47 bits per heavy atom. The molecular formula is C15H23N3O. The first-order valence-corrected chi connectivity index (χ1v) is 6.96. The summed E-state index contributed by atoms with van der Waals surface area (Å²) in [4.78, 5) is 14.4. The largest absolute Gasteiger partial charge is 0.399 e. The minimum atomic E-state index is -0.111. The summed E-state index contributed by atoms with van der Waals surface area (Å²) in [6, 6.07) is 7.68. The number of hydrogen-bond donors (Lipinski definition) is 2. The maximum Gasteiger partial charge on any atom is 0.241 e. The van der Waals surface area contributed by atoms with Crippen molar-refractivity contribution in [2.45, 2.75) is 44.7 Å². The fourth-order valence-electron chi connectivity index (χ4n) is 2.63. The maximum absolute atomic E-state index is 12.2. The third kappa shape index (κ3) is 3.47. The first-order chi connectivity index (χ1) is 9.08. The molecule has 1 saturated carbocycles. The first-order valence-electron chi connectivity index (χ1n) is 6.96. The molecule has 1 atom stereocenters. The number of rotatable bonds is 4. The Bertz CT molecular complexity index is 424. The molecule has 0 bridgehead atoms.